The molecule has 1 N–H and O–H groups in total. The second kappa shape index (κ2) is 8.35. The van der Waals surface area contributed by atoms with Gasteiger partial charge in [-0.3, -0.25) is 14.4 Å². The number of amides is 3. The highest BCUT2D eigenvalue weighted by molar-refractivity contribution is 6.43. The van der Waals surface area contributed by atoms with Crippen LogP contribution in [-0.4, -0.2) is 60.2 Å². The predicted octanol–water partition coefficient (Wildman–Crippen LogP) is 1.80. The zero-order chi connectivity index (χ0) is 17.7. The lowest BCUT2D eigenvalue weighted by Gasteiger charge is -2.24. The minimum absolute atomic E-state index is 0.160. The number of halogens is 2. The van der Waals surface area contributed by atoms with Crippen LogP contribution in [0.15, 0.2) is 18.2 Å². The Morgan fingerprint density at radius 3 is 2.67 bits per heavy atom. The first-order valence-electron chi connectivity index (χ1n) is 7.67. The van der Waals surface area contributed by atoms with Gasteiger partial charge in [-0.1, -0.05) is 29.3 Å². The average Bonchev–Trinajstić information content (AvgIpc) is 2.81. The van der Waals surface area contributed by atoms with Crippen molar-refractivity contribution in [1.29, 1.82) is 0 Å². The molecule has 0 radical (unpaired) electrons. The molecule has 1 aromatic carbocycles. The summed E-state index contributed by atoms with van der Waals surface area (Å²) in [7, 11) is 0. The minimum Gasteiger partial charge on any atom is -0.343 e. The van der Waals surface area contributed by atoms with Crippen LogP contribution in [-0.2, 0) is 9.59 Å². The van der Waals surface area contributed by atoms with Gasteiger partial charge in [0.15, 0.2) is 0 Å². The number of nitrogens with zero attached hydrogens (tertiary/aromatic N) is 2. The van der Waals surface area contributed by atoms with E-state index in [9.17, 15) is 14.4 Å². The fourth-order valence-electron chi connectivity index (χ4n) is 2.55. The van der Waals surface area contributed by atoms with Gasteiger partial charge in [0, 0.05) is 26.2 Å². The van der Waals surface area contributed by atoms with Gasteiger partial charge < -0.3 is 15.1 Å². The molecule has 0 unspecified atom stereocenters. The van der Waals surface area contributed by atoms with Crippen LogP contribution >= 0.6 is 23.2 Å². The standard InChI is InChI=1S/C16H19Cl2N3O3/c1-11(16(24)21-7-3-6-20(10-22)8-9-21)19-15(23)12-4-2-5-13(17)14(12)18/h2,4-5,10-11H,3,6-9H2,1H3,(H,19,23)/t11-/m1/s1. The number of nitrogens with one attached hydrogen (secondary N) is 1. The zero-order valence-electron chi connectivity index (χ0n) is 13.3. The Labute approximate surface area is 150 Å². The van der Waals surface area contributed by atoms with E-state index in [0.29, 0.717) is 32.6 Å². The Hall–Kier alpha value is -1.79. The topological polar surface area (TPSA) is 69.7 Å². The first-order valence-corrected chi connectivity index (χ1v) is 8.42. The highest BCUT2D eigenvalue weighted by Gasteiger charge is 2.25. The third kappa shape index (κ3) is 4.39. The predicted molar refractivity (Wildman–Crippen MR) is 92.2 cm³/mol. The van der Waals surface area contributed by atoms with E-state index in [1.165, 1.54) is 0 Å². The Morgan fingerprint density at radius 2 is 1.96 bits per heavy atom. The van der Waals surface area contributed by atoms with Gasteiger partial charge in [0.1, 0.15) is 6.04 Å². The molecule has 0 saturated carbocycles. The van der Waals surface area contributed by atoms with Crippen LogP contribution in [0, 0.1) is 0 Å². The largest absolute Gasteiger partial charge is 0.343 e. The molecule has 130 valence electrons. The first-order chi connectivity index (χ1) is 11.4. The summed E-state index contributed by atoms with van der Waals surface area (Å²) in [6, 6.07) is 4.06. The van der Waals surface area contributed by atoms with E-state index in [1.807, 2.05) is 0 Å². The van der Waals surface area contributed by atoms with Crippen molar-refractivity contribution in [3.05, 3.63) is 33.8 Å². The third-order valence-corrected chi connectivity index (χ3v) is 4.72. The lowest BCUT2D eigenvalue weighted by molar-refractivity contribution is -0.133. The molecule has 2 rings (SSSR count). The Bertz CT molecular complexity index is 639. The SMILES string of the molecule is C[C@@H](NC(=O)c1cccc(Cl)c1Cl)C(=O)N1CCCN(C=O)CC1. The Kier molecular flexibility index (Phi) is 6.45. The van der Waals surface area contributed by atoms with E-state index in [0.717, 1.165) is 6.41 Å². The van der Waals surface area contributed by atoms with Gasteiger partial charge in [0.2, 0.25) is 12.3 Å². The first kappa shape index (κ1) is 18.5. The van der Waals surface area contributed by atoms with Crippen LogP contribution in [0.3, 0.4) is 0 Å². The molecular weight excluding hydrogens is 353 g/mol. The smallest absolute Gasteiger partial charge is 0.253 e. The van der Waals surface area contributed by atoms with Gasteiger partial charge in [-0.25, -0.2) is 0 Å². The molecule has 24 heavy (non-hydrogen) atoms. The molecule has 0 aliphatic carbocycles. The summed E-state index contributed by atoms with van der Waals surface area (Å²) >= 11 is 11.9. The second-order valence-corrected chi connectivity index (χ2v) is 6.40. The second-order valence-electron chi connectivity index (χ2n) is 5.62. The van der Waals surface area contributed by atoms with Gasteiger partial charge in [-0.15, -0.1) is 0 Å². The van der Waals surface area contributed by atoms with Crippen molar-refractivity contribution in [1.82, 2.24) is 15.1 Å². The van der Waals surface area contributed by atoms with Crippen molar-refractivity contribution in [2.75, 3.05) is 26.2 Å². The molecule has 1 aromatic rings. The monoisotopic (exact) mass is 371 g/mol. The molecule has 0 bridgehead atoms. The van der Waals surface area contributed by atoms with Crippen molar-refractivity contribution in [3.8, 4) is 0 Å². The number of rotatable bonds is 4. The third-order valence-electron chi connectivity index (χ3n) is 3.91. The molecular formula is C16H19Cl2N3O3. The molecule has 3 amide bonds. The lowest BCUT2D eigenvalue weighted by atomic mass is 10.2. The summed E-state index contributed by atoms with van der Waals surface area (Å²) in [4.78, 5) is 38.9. The van der Waals surface area contributed by atoms with Gasteiger partial charge in [-0.2, -0.15) is 0 Å². The fourth-order valence-corrected chi connectivity index (χ4v) is 2.94. The van der Waals surface area contributed by atoms with Crippen molar-refractivity contribution in [2.45, 2.75) is 19.4 Å². The van der Waals surface area contributed by atoms with E-state index in [-0.39, 0.29) is 21.5 Å². The van der Waals surface area contributed by atoms with E-state index in [1.54, 1.807) is 34.9 Å². The number of hydrogen-bond acceptors (Lipinski definition) is 3. The number of hydrogen-bond donors (Lipinski definition) is 1. The summed E-state index contributed by atoms with van der Waals surface area (Å²) in [5.41, 5.74) is 0.229. The molecule has 1 saturated heterocycles. The summed E-state index contributed by atoms with van der Waals surface area (Å²) in [5.74, 6) is -0.637. The molecule has 1 atom stereocenters. The van der Waals surface area contributed by atoms with Crippen LogP contribution in [0.5, 0.6) is 0 Å². The minimum atomic E-state index is -0.699. The molecule has 0 spiro atoms. The van der Waals surface area contributed by atoms with Gasteiger partial charge in [0.25, 0.3) is 5.91 Å². The Morgan fingerprint density at radius 1 is 1.21 bits per heavy atom. The highest BCUT2D eigenvalue weighted by atomic mass is 35.5. The number of carbonyl (C=O) groups is 3. The quantitative estimate of drug-likeness (QED) is 0.820. The number of carbonyl (C=O) groups excluding carboxylic acids is 3. The summed E-state index contributed by atoms with van der Waals surface area (Å²) in [5, 5.41) is 3.09. The maximum absolute atomic E-state index is 12.5. The van der Waals surface area contributed by atoms with Crippen LogP contribution in [0.2, 0.25) is 10.0 Å². The summed E-state index contributed by atoms with van der Waals surface area (Å²) < 4.78 is 0. The van der Waals surface area contributed by atoms with Gasteiger partial charge in [-0.05, 0) is 25.5 Å². The van der Waals surface area contributed by atoms with Gasteiger partial charge in [0.05, 0.1) is 15.6 Å². The Balaban J connectivity index is 1.99. The van der Waals surface area contributed by atoms with Crippen molar-refractivity contribution in [2.24, 2.45) is 0 Å². The number of benzene rings is 1. The van der Waals surface area contributed by atoms with Crippen LogP contribution in [0.1, 0.15) is 23.7 Å². The molecule has 1 aliphatic heterocycles. The van der Waals surface area contributed by atoms with Crippen molar-refractivity contribution < 1.29 is 14.4 Å². The normalized spacial score (nSPS) is 16.3. The summed E-state index contributed by atoms with van der Waals surface area (Å²) in [6.45, 7) is 3.76. The van der Waals surface area contributed by atoms with Crippen LogP contribution in [0.4, 0.5) is 0 Å². The molecule has 0 aromatic heterocycles. The van der Waals surface area contributed by atoms with Crippen molar-refractivity contribution >= 4 is 41.4 Å². The molecule has 1 aliphatic rings. The van der Waals surface area contributed by atoms with Gasteiger partial charge >= 0.3 is 0 Å². The lowest BCUT2D eigenvalue weighted by Crippen LogP contribution is -2.48. The van der Waals surface area contributed by atoms with E-state index in [2.05, 4.69) is 5.32 Å². The van der Waals surface area contributed by atoms with E-state index < -0.39 is 11.9 Å². The molecule has 1 fully saturated rings. The molecule has 6 nitrogen and oxygen atoms in total. The highest BCUT2D eigenvalue weighted by Crippen LogP contribution is 2.25. The van der Waals surface area contributed by atoms with Crippen LogP contribution < -0.4 is 5.32 Å². The van der Waals surface area contributed by atoms with Crippen molar-refractivity contribution in [3.63, 3.8) is 0 Å². The van der Waals surface area contributed by atoms with Crippen LogP contribution in [0.25, 0.3) is 0 Å². The zero-order valence-corrected chi connectivity index (χ0v) is 14.8. The summed E-state index contributed by atoms with van der Waals surface area (Å²) in [6.07, 6.45) is 1.51. The molecule has 1 heterocycles. The molecule has 8 heteroatoms. The maximum Gasteiger partial charge on any atom is 0.253 e. The average molecular weight is 372 g/mol. The van der Waals surface area contributed by atoms with E-state index in [4.69, 9.17) is 23.2 Å². The van der Waals surface area contributed by atoms with E-state index >= 15 is 0 Å². The fraction of sp³-hybridized carbons (Fsp3) is 0.438. The maximum atomic E-state index is 12.5.